The zero-order valence-corrected chi connectivity index (χ0v) is 19.2. The number of ether oxygens (including phenoxy) is 1. The standard InChI is InChI=1S/C23H24N4O5S/c1-32-19-9-7-17(14-4-3-5-16-15(14)6-8-18(16)28)20-25-21(26-27(19)20)23(10-11-23)22(29)24-12-13-33(2,30)31/h3-5,7,9H,6,8,10-13H2,1-2H3,(H,24,29). The molecule has 2 aliphatic carbocycles. The number of benzene rings is 1. The summed E-state index contributed by atoms with van der Waals surface area (Å²) < 4.78 is 29.9. The van der Waals surface area contributed by atoms with E-state index in [1.54, 1.807) is 17.7 Å². The smallest absolute Gasteiger partial charge is 0.234 e. The number of sulfone groups is 1. The highest BCUT2D eigenvalue weighted by atomic mass is 32.2. The molecule has 2 heterocycles. The van der Waals surface area contributed by atoms with Gasteiger partial charge in [0.1, 0.15) is 15.3 Å². The Balaban J connectivity index is 1.56. The van der Waals surface area contributed by atoms with Crippen LogP contribution < -0.4 is 10.1 Å². The van der Waals surface area contributed by atoms with Crippen LogP contribution in [0.1, 0.15) is 41.0 Å². The minimum atomic E-state index is -3.17. The minimum absolute atomic E-state index is 0.0472. The van der Waals surface area contributed by atoms with Crippen molar-refractivity contribution < 1.29 is 22.7 Å². The molecule has 0 saturated heterocycles. The predicted molar refractivity (Wildman–Crippen MR) is 121 cm³/mol. The highest BCUT2D eigenvalue weighted by Gasteiger charge is 2.54. The van der Waals surface area contributed by atoms with Crippen molar-refractivity contribution in [1.29, 1.82) is 0 Å². The van der Waals surface area contributed by atoms with Crippen LogP contribution in [0.5, 0.6) is 5.88 Å². The monoisotopic (exact) mass is 468 g/mol. The van der Waals surface area contributed by atoms with E-state index >= 15 is 0 Å². The van der Waals surface area contributed by atoms with Crippen molar-refractivity contribution in [2.75, 3.05) is 25.7 Å². The lowest BCUT2D eigenvalue weighted by molar-refractivity contribution is -0.123. The van der Waals surface area contributed by atoms with E-state index < -0.39 is 15.3 Å². The topological polar surface area (TPSA) is 120 Å². The number of hydrogen-bond acceptors (Lipinski definition) is 7. The molecule has 10 heteroatoms. The zero-order chi connectivity index (χ0) is 23.4. The van der Waals surface area contributed by atoms with Crippen LogP contribution in [0, 0.1) is 0 Å². The molecule has 0 spiro atoms. The maximum atomic E-state index is 12.9. The number of amides is 1. The van der Waals surface area contributed by atoms with E-state index in [4.69, 9.17) is 9.72 Å². The fourth-order valence-corrected chi connectivity index (χ4v) is 4.92. The largest absolute Gasteiger partial charge is 0.481 e. The first-order valence-electron chi connectivity index (χ1n) is 10.8. The Labute approximate surface area is 191 Å². The van der Waals surface area contributed by atoms with E-state index in [-0.39, 0.29) is 24.0 Å². The Morgan fingerprint density at radius 2 is 1.91 bits per heavy atom. The first-order valence-corrected chi connectivity index (χ1v) is 12.9. The van der Waals surface area contributed by atoms with E-state index in [0.717, 1.165) is 28.5 Å². The van der Waals surface area contributed by atoms with E-state index in [1.165, 1.54) is 0 Å². The van der Waals surface area contributed by atoms with E-state index in [9.17, 15) is 18.0 Å². The van der Waals surface area contributed by atoms with Crippen LogP contribution in [-0.2, 0) is 26.5 Å². The summed E-state index contributed by atoms with van der Waals surface area (Å²) in [5.74, 6) is 0.608. The van der Waals surface area contributed by atoms with Crippen LogP contribution in [-0.4, -0.2) is 60.4 Å². The number of Topliss-reactive ketones (excluding diaryl/α,β-unsaturated/α-hetero) is 1. The molecular weight excluding hydrogens is 444 g/mol. The lowest BCUT2D eigenvalue weighted by Crippen LogP contribution is -2.38. The molecule has 33 heavy (non-hydrogen) atoms. The fraction of sp³-hybridized carbons (Fsp3) is 0.391. The quantitative estimate of drug-likeness (QED) is 0.561. The van der Waals surface area contributed by atoms with Crippen molar-refractivity contribution in [3.63, 3.8) is 0 Å². The second-order valence-electron chi connectivity index (χ2n) is 8.68. The molecule has 1 amide bonds. The highest BCUT2D eigenvalue weighted by molar-refractivity contribution is 7.90. The third kappa shape index (κ3) is 3.68. The molecule has 0 atom stereocenters. The van der Waals surface area contributed by atoms with Gasteiger partial charge in [-0.2, -0.15) is 4.52 Å². The lowest BCUT2D eigenvalue weighted by Gasteiger charge is -2.11. The average Bonchev–Trinajstić information content (AvgIpc) is 3.33. The number of nitrogens with zero attached hydrogens (tertiary/aromatic N) is 3. The Morgan fingerprint density at radius 1 is 1.15 bits per heavy atom. The second kappa shape index (κ2) is 7.65. The number of ketones is 1. The minimum Gasteiger partial charge on any atom is -0.481 e. The molecule has 3 aromatic rings. The summed E-state index contributed by atoms with van der Waals surface area (Å²) >= 11 is 0. The molecule has 0 aliphatic heterocycles. The number of rotatable bonds is 7. The molecule has 5 rings (SSSR count). The zero-order valence-electron chi connectivity index (χ0n) is 18.4. The van der Waals surface area contributed by atoms with Crippen LogP contribution in [0.3, 0.4) is 0 Å². The molecule has 1 saturated carbocycles. The van der Waals surface area contributed by atoms with Crippen LogP contribution in [0.2, 0.25) is 0 Å². The average molecular weight is 469 g/mol. The number of aromatic nitrogens is 3. The molecule has 9 nitrogen and oxygen atoms in total. The summed E-state index contributed by atoms with van der Waals surface area (Å²) in [6, 6.07) is 9.38. The molecule has 1 fully saturated rings. The van der Waals surface area contributed by atoms with Crippen molar-refractivity contribution in [2.45, 2.75) is 31.1 Å². The summed E-state index contributed by atoms with van der Waals surface area (Å²) in [6.45, 7) is 0.0472. The highest BCUT2D eigenvalue weighted by Crippen LogP contribution is 2.47. The number of hydrogen-bond donors (Lipinski definition) is 1. The van der Waals surface area contributed by atoms with Gasteiger partial charge in [0.25, 0.3) is 0 Å². The predicted octanol–water partition coefficient (Wildman–Crippen LogP) is 1.73. The third-order valence-corrected chi connectivity index (χ3v) is 7.34. The Hall–Kier alpha value is -3.27. The molecule has 172 valence electrons. The number of methoxy groups -OCH3 is 1. The van der Waals surface area contributed by atoms with Crippen LogP contribution in [0.4, 0.5) is 0 Å². The van der Waals surface area contributed by atoms with Gasteiger partial charge in [-0.1, -0.05) is 18.2 Å². The SMILES string of the molecule is COc1ccc(-c2cccc3c2CCC3=O)c2nc(C3(C(=O)NCCS(C)(=O)=O)CC3)nn12. The number of carbonyl (C=O) groups is 2. The molecule has 0 radical (unpaired) electrons. The van der Waals surface area contributed by atoms with Gasteiger partial charge in [0.2, 0.25) is 11.8 Å². The van der Waals surface area contributed by atoms with Gasteiger partial charge in [0.15, 0.2) is 17.3 Å². The van der Waals surface area contributed by atoms with Gasteiger partial charge in [-0.15, -0.1) is 5.10 Å². The first kappa shape index (κ1) is 21.6. The number of pyridine rings is 1. The normalized spacial score (nSPS) is 16.6. The van der Waals surface area contributed by atoms with Crippen molar-refractivity contribution >= 4 is 27.2 Å². The van der Waals surface area contributed by atoms with Gasteiger partial charge < -0.3 is 10.1 Å². The molecule has 1 N–H and O–H groups in total. The molecule has 2 aliphatic rings. The Kier molecular flexibility index (Phi) is 5.00. The van der Waals surface area contributed by atoms with E-state index in [2.05, 4.69) is 10.4 Å². The van der Waals surface area contributed by atoms with Gasteiger partial charge in [-0.3, -0.25) is 9.59 Å². The summed E-state index contributed by atoms with van der Waals surface area (Å²) in [5, 5.41) is 7.35. The van der Waals surface area contributed by atoms with E-state index in [1.807, 2.05) is 24.3 Å². The van der Waals surface area contributed by atoms with Crippen LogP contribution >= 0.6 is 0 Å². The number of carbonyl (C=O) groups excluding carboxylic acids is 2. The fourth-order valence-electron chi connectivity index (χ4n) is 4.45. The second-order valence-corrected chi connectivity index (χ2v) is 10.9. The van der Waals surface area contributed by atoms with Gasteiger partial charge in [-0.25, -0.2) is 13.4 Å². The molecule has 1 aromatic carbocycles. The van der Waals surface area contributed by atoms with Crippen molar-refractivity contribution in [3.05, 3.63) is 47.3 Å². The van der Waals surface area contributed by atoms with Gasteiger partial charge in [0.05, 0.1) is 12.9 Å². The third-order valence-electron chi connectivity index (χ3n) is 6.40. The summed E-state index contributed by atoms with van der Waals surface area (Å²) in [5.41, 5.74) is 3.15. The van der Waals surface area contributed by atoms with Crippen molar-refractivity contribution in [3.8, 4) is 17.0 Å². The van der Waals surface area contributed by atoms with Gasteiger partial charge >= 0.3 is 0 Å². The maximum Gasteiger partial charge on any atom is 0.234 e. The molecule has 0 unspecified atom stereocenters. The molecule has 0 bridgehead atoms. The number of nitrogens with one attached hydrogen (secondary N) is 1. The van der Waals surface area contributed by atoms with Gasteiger partial charge in [-0.05, 0) is 36.5 Å². The molecule has 2 aromatic heterocycles. The number of fused-ring (bicyclic) bond motifs is 2. The lowest BCUT2D eigenvalue weighted by atomic mass is 9.97. The summed E-state index contributed by atoms with van der Waals surface area (Å²) in [7, 11) is -1.63. The van der Waals surface area contributed by atoms with Gasteiger partial charge in [0, 0.05) is 36.4 Å². The Bertz CT molecular complexity index is 1410. The van der Waals surface area contributed by atoms with Crippen LogP contribution in [0.25, 0.3) is 16.8 Å². The van der Waals surface area contributed by atoms with Crippen LogP contribution in [0.15, 0.2) is 30.3 Å². The van der Waals surface area contributed by atoms with Crippen molar-refractivity contribution in [1.82, 2.24) is 19.9 Å². The summed E-state index contributed by atoms with van der Waals surface area (Å²) in [4.78, 5) is 29.9. The van der Waals surface area contributed by atoms with E-state index in [0.29, 0.717) is 43.0 Å². The maximum absolute atomic E-state index is 12.9. The van der Waals surface area contributed by atoms with Crippen molar-refractivity contribution in [2.24, 2.45) is 0 Å². The Morgan fingerprint density at radius 3 is 2.61 bits per heavy atom. The first-order chi connectivity index (χ1) is 15.7. The molecular formula is C23H24N4O5S. The summed E-state index contributed by atoms with van der Waals surface area (Å²) in [6.07, 6.45) is 3.48.